The van der Waals surface area contributed by atoms with Gasteiger partial charge in [-0.15, -0.1) is 0 Å². The Kier molecular flexibility index (Phi) is 4.91. The standard InChI is InChI=1S/C21H26N2O/c1-15(2)24-18-8-6-7-16(12-18)11-17(13-22)20-14-23(3)21-10-5-4-9-19(20)21/h4-10,12,14-15,17H,11,13,22H2,1-3H3. The molecule has 0 saturated heterocycles. The summed E-state index contributed by atoms with van der Waals surface area (Å²) in [7, 11) is 2.09. The number of rotatable bonds is 6. The maximum atomic E-state index is 6.13. The molecule has 1 aromatic heterocycles. The fourth-order valence-corrected chi connectivity index (χ4v) is 3.32. The second-order valence-corrected chi connectivity index (χ2v) is 6.66. The van der Waals surface area contributed by atoms with Crippen molar-refractivity contribution in [2.75, 3.05) is 6.54 Å². The minimum absolute atomic E-state index is 0.184. The largest absolute Gasteiger partial charge is 0.491 e. The average Bonchev–Trinajstić information content (AvgIpc) is 2.90. The molecule has 3 rings (SSSR count). The first-order valence-electron chi connectivity index (χ1n) is 8.58. The molecule has 2 N–H and O–H groups in total. The smallest absolute Gasteiger partial charge is 0.119 e. The van der Waals surface area contributed by atoms with Gasteiger partial charge in [-0.1, -0.05) is 30.3 Å². The van der Waals surface area contributed by atoms with Crippen LogP contribution in [0.3, 0.4) is 0 Å². The molecule has 2 aromatic carbocycles. The third kappa shape index (κ3) is 3.46. The van der Waals surface area contributed by atoms with Crippen LogP contribution in [0.4, 0.5) is 0 Å². The zero-order valence-corrected chi connectivity index (χ0v) is 14.7. The van der Waals surface area contributed by atoms with Crippen LogP contribution in [0.15, 0.2) is 54.7 Å². The molecule has 0 saturated carbocycles. The lowest BCUT2D eigenvalue weighted by atomic mass is 9.91. The van der Waals surface area contributed by atoms with Gasteiger partial charge in [-0.25, -0.2) is 0 Å². The Labute approximate surface area is 144 Å². The van der Waals surface area contributed by atoms with Crippen molar-refractivity contribution in [3.8, 4) is 5.75 Å². The molecule has 1 atom stereocenters. The van der Waals surface area contributed by atoms with Crippen molar-refractivity contribution in [1.82, 2.24) is 4.57 Å². The average molecular weight is 322 g/mol. The van der Waals surface area contributed by atoms with E-state index in [0.29, 0.717) is 12.5 Å². The van der Waals surface area contributed by atoms with Crippen molar-refractivity contribution < 1.29 is 4.74 Å². The van der Waals surface area contributed by atoms with Crippen LogP contribution in [-0.4, -0.2) is 17.2 Å². The van der Waals surface area contributed by atoms with Crippen LogP contribution < -0.4 is 10.5 Å². The number of hydrogen-bond donors (Lipinski definition) is 1. The Hall–Kier alpha value is -2.26. The summed E-state index contributed by atoms with van der Waals surface area (Å²) in [6.07, 6.45) is 3.32. The topological polar surface area (TPSA) is 40.2 Å². The van der Waals surface area contributed by atoms with Gasteiger partial charge in [0.2, 0.25) is 0 Å². The second-order valence-electron chi connectivity index (χ2n) is 6.66. The van der Waals surface area contributed by atoms with E-state index in [-0.39, 0.29) is 6.10 Å². The van der Waals surface area contributed by atoms with E-state index in [9.17, 15) is 0 Å². The molecule has 0 aliphatic heterocycles. The lowest BCUT2D eigenvalue weighted by Gasteiger charge is -2.16. The number of hydrogen-bond acceptors (Lipinski definition) is 2. The lowest BCUT2D eigenvalue weighted by Crippen LogP contribution is -2.15. The number of aromatic nitrogens is 1. The number of nitrogens with zero attached hydrogens (tertiary/aromatic N) is 1. The molecule has 0 fully saturated rings. The highest BCUT2D eigenvalue weighted by Gasteiger charge is 2.16. The van der Waals surface area contributed by atoms with Crippen molar-refractivity contribution in [2.24, 2.45) is 12.8 Å². The van der Waals surface area contributed by atoms with Crippen LogP contribution in [0.1, 0.15) is 30.9 Å². The maximum Gasteiger partial charge on any atom is 0.119 e. The fourth-order valence-electron chi connectivity index (χ4n) is 3.32. The Bertz CT molecular complexity index is 820. The molecule has 24 heavy (non-hydrogen) atoms. The van der Waals surface area contributed by atoms with Crippen LogP contribution >= 0.6 is 0 Å². The Balaban J connectivity index is 1.89. The number of fused-ring (bicyclic) bond motifs is 1. The lowest BCUT2D eigenvalue weighted by molar-refractivity contribution is 0.242. The number of nitrogens with two attached hydrogens (primary N) is 1. The van der Waals surface area contributed by atoms with Gasteiger partial charge in [0, 0.05) is 30.1 Å². The molecule has 126 valence electrons. The van der Waals surface area contributed by atoms with Crippen LogP contribution in [0.2, 0.25) is 0 Å². The van der Waals surface area contributed by atoms with Crippen LogP contribution in [0.25, 0.3) is 10.9 Å². The van der Waals surface area contributed by atoms with Gasteiger partial charge in [0.05, 0.1) is 6.10 Å². The van der Waals surface area contributed by atoms with Gasteiger partial charge in [-0.3, -0.25) is 0 Å². The quantitative estimate of drug-likeness (QED) is 0.737. The van der Waals surface area contributed by atoms with Gasteiger partial charge in [-0.2, -0.15) is 0 Å². The van der Waals surface area contributed by atoms with E-state index in [2.05, 4.69) is 60.3 Å². The summed E-state index contributed by atoms with van der Waals surface area (Å²) in [5.41, 5.74) is 9.97. The zero-order chi connectivity index (χ0) is 17.1. The molecule has 0 bridgehead atoms. The van der Waals surface area contributed by atoms with Crippen LogP contribution in [0, 0.1) is 0 Å². The minimum Gasteiger partial charge on any atom is -0.491 e. The van der Waals surface area contributed by atoms with E-state index in [4.69, 9.17) is 10.5 Å². The monoisotopic (exact) mass is 322 g/mol. The highest BCUT2D eigenvalue weighted by Crippen LogP contribution is 2.30. The molecule has 1 heterocycles. The molecule has 0 spiro atoms. The molecule has 0 radical (unpaired) electrons. The van der Waals surface area contributed by atoms with E-state index >= 15 is 0 Å². The van der Waals surface area contributed by atoms with Crippen molar-refractivity contribution in [3.05, 3.63) is 65.9 Å². The highest BCUT2D eigenvalue weighted by molar-refractivity contribution is 5.84. The van der Waals surface area contributed by atoms with E-state index < -0.39 is 0 Å². The summed E-state index contributed by atoms with van der Waals surface area (Å²) in [5, 5.41) is 1.30. The molecule has 0 aliphatic rings. The van der Waals surface area contributed by atoms with Crippen molar-refractivity contribution in [3.63, 3.8) is 0 Å². The number of benzene rings is 2. The first kappa shape index (κ1) is 16.6. The van der Waals surface area contributed by atoms with E-state index in [1.54, 1.807) is 0 Å². The third-order valence-electron chi connectivity index (χ3n) is 4.40. The fraction of sp³-hybridized carbons (Fsp3) is 0.333. The van der Waals surface area contributed by atoms with E-state index in [0.717, 1.165) is 12.2 Å². The Morgan fingerprint density at radius 1 is 1.08 bits per heavy atom. The normalized spacial score (nSPS) is 12.7. The van der Waals surface area contributed by atoms with Crippen LogP contribution in [0.5, 0.6) is 5.75 Å². The van der Waals surface area contributed by atoms with Gasteiger partial charge in [0.15, 0.2) is 0 Å². The first-order chi connectivity index (χ1) is 11.6. The maximum absolute atomic E-state index is 6.13. The molecule has 1 unspecified atom stereocenters. The summed E-state index contributed by atoms with van der Waals surface area (Å²) in [5.74, 6) is 1.22. The summed E-state index contributed by atoms with van der Waals surface area (Å²) in [6, 6.07) is 16.9. The molecular weight excluding hydrogens is 296 g/mol. The molecule has 0 amide bonds. The minimum atomic E-state index is 0.184. The number of ether oxygens (including phenoxy) is 1. The first-order valence-corrected chi connectivity index (χ1v) is 8.58. The molecule has 3 nitrogen and oxygen atoms in total. The zero-order valence-electron chi connectivity index (χ0n) is 14.7. The summed E-state index contributed by atoms with van der Waals surface area (Å²) >= 11 is 0. The molecule has 3 aromatic rings. The van der Waals surface area contributed by atoms with E-state index in [1.807, 2.05) is 19.9 Å². The number of para-hydroxylation sites is 1. The van der Waals surface area contributed by atoms with Gasteiger partial charge < -0.3 is 15.0 Å². The van der Waals surface area contributed by atoms with Gasteiger partial charge in [-0.05, 0) is 56.1 Å². The van der Waals surface area contributed by atoms with Crippen LogP contribution in [-0.2, 0) is 13.5 Å². The third-order valence-corrected chi connectivity index (χ3v) is 4.40. The van der Waals surface area contributed by atoms with E-state index in [1.165, 1.54) is 22.0 Å². The summed E-state index contributed by atoms with van der Waals surface area (Å²) in [4.78, 5) is 0. The van der Waals surface area contributed by atoms with Crippen molar-refractivity contribution in [1.29, 1.82) is 0 Å². The Morgan fingerprint density at radius 3 is 2.62 bits per heavy atom. The molecule has 3 heteroatoms. The highest BCUT2D eigenvalue weighted by atomic mass is 16.5. The Morgan fingerprint density at radius 2 is 1.88 bits per heavy atom. The van der Waals surface area contributed by atoms with Crippen molar-refractivity contribution in [2.45, 2.75) is 32.3 Å². The van der Waals surface area contributed by atoms with Gasteiger partial charge >= 0.3 is 0 Å². The summed E-state index contributed by atoms with van der Waals surface area (Å²) in [6.45, 7) is 4.72. The predicted molar refractivity (Wildman–Crippen MR) is 101 cm³/mol. The van der Waals surface area contributed by atoms with Crippen molar-refractivity contribution >= 4 is 10.9 Å². The predicted octanol–water partition coefficient (Wildman–Crippen LogP) is 4.25. The SMILES string of the molecule is CC(C)Oc1cccc(CC(CN)c2cn(C)c3ccccc23)c1. The second kappa shape index (κ2) is 7.10. The molecular formula is C21H26N2O. The molecule has 0 aliphatic carbocycles. The number of aryl methyl sites for hydroxylation is 1. The summed E-state index contributed by atoms with van der Waals surface area (Å²) < 4.78 is 8.00. The van der Waals surface area contributed by atoms with Gasteiger partial charge in [0.1, 0.15) is 5.75 Å². The van der Waals surface area contributed by atoms with Gasteiger partial charge in [0.25, 0.3) is 0 Å².